The fourth-order valence-corrected chi connectivity index (χ4v) is 5.09. The number of carbonyl (C=O) groups is 2. The van der Waals surface area contributed by atoms with Crippen molar-refractivity contribution in [2.45, 2.75) is 6.92 Å². The summed E-state index contributed by atoms with van der Waals surface area (Å²) in [5.41, 5.74) is 3.20. The molecule has 0 radical (unpaired) electrons. The maximum atomic E-state index is 12.8. The summed E-state index contributed by atoms with van der Waals surface area (Å²) in [5, 5.41) is 14.3. The Kier molecular flexibility index (Phi) is 5.59. The van der Waals surface area contributed by atoms with Gasteiger partial charge in [0.1, 0.15) is 27.3 Å². The van der Waals surface area contributed by atoms with Crippen molar-refractivity contribution in [2.75, 3.05) is 30.5 Å². The molecule has 9 heteroatoms. The highest BCUT2D eigenvalue weighted by molar-refractivity contribution is 7.17. The monoisotopic (exact) mass is 450 g/mol. The van der Waals surface area contributed by atoms with Crippen molar-refractivity contribution >= 4 is 45.8 Å². The number of thiophene rings is 1. The topological polar surface area (TPSA) is 86.5 Å². The van der Waals surface area contributed by atoms with Crippen LogP contribution in [-0.4, -0.2) is 37.4 Å². The fourth-order valence-electron chi connectivity index (χ4n) is 3.42. The minimum atomic E-state index is -0.622. The first-order valence-corrected chi connectivity index (χ1v) is 11.1. The van der Waals surface area contributed by atoms with E-state index in [1.54, 1.807) is 42.2 Å². The van der Waals surface area contributed by atoms with Gasteiger partial charge in [-0.25, -0.2) is 9.78 Å². The van der Waals surface area contributed by atoms with Gasteiger partial charge in [0.15, 0.2) is 6.61 Å². The van der Waals surface area contributed by atoms with Crippen LogP contribution in [0.15, 0.2) is 52.5 Å². The molecular formula is C22H18N4O3S2. The summed E-state index contributed by atoms with van der Waals surface area (Å²) >= 11 is 2.77. The number of Topliss-reactive ketones (excluding diaryl/α,β-unsaturated/α-hetero) is 1. The summed E-state index contributed by atoms with van der Waals surface area (Å²) < 4.78 is 5.25. The van der Waals surface area contributed by atoms with Crippen LogP contribution < -0.4 is 9.80 Å². The highest BCUT2D eigenvalue weighted by Gasteiger charge is 2.31. The first-order valence-electron chi connectivity index (χ1n) is 9.33. The van der Waals surface area contributed by atoms with Crippen LogP contribution in [0.1, 0.15) is 15.4 Å². The molecule has 0 fully saturated rings. The van der Waals surface area contributed by atoms with E-state index in [9.17, 15) is 14.9 Å². The first kappa shape index (κ1) is 20.8. The lowest BCUT2D eigenvalue weighted by Gasteiger charge is -2.19. The number of benzene rings is 1. The predicted octanol–water partition coefficient (Wildman–Crippen LogP) is 4.23. The molecule has 0 N–H and O–H groups in total. The van der Waals surface area contributed by atoms with E-state index in [4.69, 9.17) is 4.74 Å². The summed E-state index contributed by atoms with van der Waals surface area (Å²) in [5.74, 6) is -0.723. The summed E-state index contributed by atoms with van der Waals surface area (Å²) in [7, 11) is 3.59. The second-order valence-corrected chi connectivity index (χ2v) is 8.64. The summed E-state index contributed by atoms with van der Waals surface area (Å²) in [6.07, 6.45) is 0. The smallest absolute Gasteiger partial charge is 0.350 e. The van der Waals surface area contributed by atoms with Crippen molar-refractivity contribution in [3.05, 3.63) is 63.1 Å². The molecule has 1 aliphatic rings. The molecule has 0 amide bonds. The quantitative estimate of drug-likeness (QED) is 0.327. The number of carbonyl (C=O) groups excluding carboxylic acids is 2. The van der Waals surface area contributed by atoms with Crippen molar-refractivity contribution in [1.82, 2.24) is 4.98 Å². The summed E-state index contributed by atoms with van der Waals surface area (Å²) in [6.45, 7) is 1.21. The second-order valence-electron chi connectivity index (χ2n) is 6.86. The number of fused-ring (bicyclic) bond motifs is 1. The molecule has 2 aromatic heterocycles. The largest absolute Gasteiger partial charge is 0.453 e. The molecule has 0 aliphatic carbocycles. The Labute approximate surface area is 187 Å². The molecule has 1 aliphatic heterocycles. The molecule has 0 unspecified atom stereocenters. The average Bonchev–Trinajstić information content (AvgIpc) is 3.48. The van der Waals surface area contributed by atoms with E-state index >= 15 is 0 Å². The van der Waals surface area contributed by atoms with Crippen molar-refractivity contribution in [2.24, 2.45) is 0 Å². The molecule has 0 saturated heterocycles. The molecule has 31 heavy (non-hydrogen) atoms. The Morgan fingerprint density at radius 2 is 1.84 bits per heavy atom. The lowest BCUT2D eigenvalue weighted by atomic mass is 10.2. The number of para-hydroxylation sites is 2. The van der Waals surface area contributed by atoms with E-state index in [2.05, 4.69) is 4.98 Å². The van der Waals surface area contributed by atoms with Crippen molar-refractivity contribution < 1.29 is 14.3 Å². The molecule has 3 heterocycles. The van der Waals surface area contributed by atoms with E-state index in [1.165, 1.54) is 11.3 Å². The number of ether oxygens (including phenoxy) is 1. The Hall–Kier alpha value is -3.48. The maximum Gasteiger partial charge on any atom is 0.350 e. The molecule has 0 saturated carbocycles. The zero-order valence-corrected chi connectivity index (χ0v) is 18.7. The van der Waals surface area contributed by atoms with Crippen LogP contribution in [0, 0.1) is 18.3 Å². The number of anilines is 2. The minimum absolute atomic E-state index is 0.0611. The number of nitriles is 1. The number of aryl methyl sites for hydroxylation is 1. The molecule has 0 bridgehead atoms. The van der Waals surface area contributed by atoms with E-state index in [0.717, 1.165) is 21.9 Å². The van der Waals surface area contributed by atoms with Gasteiger partial charge >= 0.3 is 5.97 Å². The molecule has 4 rings (SSSR count). The maximum absolute atomic E-state index is 12.8. The highest BCUT2D eigenvalue weighted by Crippen LogP contribution is 2.40. The minimum Gasteiger partial charge on any atom is -0.453 e. The molecule has 156 valence electrons. The number of nitrogens with zero attached hydrogens (tertiary/aromatic N) is 4. The van der Waals surface area contributed by atoms with Gasteiger partial charge in [-0.05, 0) is 30.5 Å². The fraction of sp³-hybridized carbons (Fsp3) is 0.182. The lowest BCUT2D eigenvalue weighted by Crippen LogP contribution is -2.27. The Morgan fingerprint density at radius 3 is 2.42 bits per heavy atom. The van der Waals surface area contributed by atoms with Crippen LogP contribution in [0.2, 0.25) is 0 Å². The van der Waals surface area contributed by atoms with Crippen LogP contribution >= 0.6 is 22.7 Å². The second kappa shape index (κ2) is 8.34. The Balaban J connectivity index is 1.52. The van der Waals surface area contributed by atoms with Gasteiger partial charge in [0.05, 0.1) is 17.1 Å². The zero-order chi connectivity index (χ0) is 22.1. The Morgan fingerprint density at radius 1 is 1.16 bits per heavy atom. The van der Waals surface area contributed by atoms with Crippen LogP contribution in [-0.2, 0) is 9.53 Å². The van der Waals surface area contributed by atoms with Gasteiger partial charge in [0, 0.05) is 25.0 Å². The molecule has 7 nitrogen and oxygen atoms in total. The third-order valence-electron chi connectivity index (χ3n) is 4.94. The van der Waals surface area contributed by atoms with Crippen molar-refractivity contribution in [3.8, 4) is 16.6 Å². The van der Waals surface area contributed by atoms with Crippen LogP contribution in [0.5, 0.6) is 0 Å². The average molecular weight is 451 g/mol. The number of aromatic nitrogens is 1. The first-order chi connectivity index (χ1) is 14.9. The molecule has 1 aromatic carbocycles. The third kappa shape index (κ3) is 3.71. The molecular weight excluding hydrogens is 432 g/mol. The number of hydrogen-bond acceptors (Lipinski definition) is 9. The van der Waals surface area contributed by atoms with Gasteiger partial charge in [-0.15, -0.1) is 11.3 Å². The normalized spacial score (nSPS) is 12.5. The van der Waals surface area contributed by atoms with Gasteiger partial charge in [-0.2, -0.15) is 16.6 Å². The van der Waals surface area contributed by atoms with Crippen molar-refractivity contribution in [3.63, 3.8) is 0 Å². The molecule has 0 atom stereocenters. The van der Waals surface area contributed by atoms with E-state index < -0.39 is 18.4 Å². The third-order valence-corrected chi connectivity index (χ3v) is 6.81. The van der Waals surface area contributed by atoms with Gasteiger partial charge in [0.2, 0.25) is 5.78 Å². The van der Waals surface area contributed by atoms with E-state index in [1.807, 2.05) is 47.2 Å². The SMILES string of the molecule is Cc1nc(-c2ccsc2)sc1C(=O)OCC(=O)C(C#N)=C1N(C)c2ccccc2N1C. The van der Waals surface area contributed by atoms with Crippen LogP contribution in [0.4, 0.5) is 11.4 Å². The van der Waals surface area contributed by atoms with Gasteiger partial charge in [0.25, 0.3) is 0 Å². The highest BCUT2D eigenvalue weighted by atomic mass is 32.1. The number of thiazole rings is 1. The van der Waals surface area contributed by atoms with Crippen molar-refractivity contribution in [1.29, 1.82) is 5.26 Å². The van der Waals surface area contributed by atoms with Gasteiger partial charge in [-0.1, -0.05) is 12.1 Å². The summed E-state index contributed by atoms with van der Waals surface area (Å²) in [6, 6.07) is 11.5. The van der Waals surface area contributed by atoms with Crippen LogP contribution in [0.25, 0.3) is 10.6 Å². The predicted molar refractivity (Wildman–Crippen MR) is 121 cm³/mol. The van der Waals surface area contributed by atoms with E-state index in [-0.39, 0.29) is 5.57 Å². The number of hydrogen-bond donors (Lipinski definition) is 0. The Bertz CT molecular complexity index is 1210. The van der Waals surface area contributed by atoms with Gasteiger partial charge in [-0.3, -0.25) is 4.79 Å². The lowest BCUT2D eigenvalue weighted by molar-refractivity contribution is -0.118. The number of esters is 1. The zero-order valence-electron chi connectivity index (χ0n) is 17.1. The van der Waals surface area contributed by atoms with Crippen LogP contribution in [0.3, 0.4) is 0 Å². The van der Waals surface area contributed by atoms with Gasteiger partial charge < -0.3 is 14.5 Å². The number of rotatable bonds is 5. The number of ketones is 1. The van der Waals surface area contributed by atoms with E-state index in [0.29, 0.717) is 16.4 Å². The molecule has 3 aromatic rings. The molecule has 0 spiro atoms. The summed E-state index contributed by atoms with van der Waals surface area (Å²) in [4.78, 5) is 33.7. The standard InChI is InChI=1S/C22H18N4O3S2/c1-13-19(31-20(24-13)14-8-9-30-12-14)22(28)29-11-18(27)15(10-23)21-25(2)16-6-4-5-7-17(16)26(21)3/h4-9,12H,11H2,1-3H3.